The van der Waals surface area contributed by atoms with Crippen LogP contribution in [0.2, 0.25) is 0 Å². The van der Waals surface area contributed by atoms with E-state index in [1.54, 1.807) is 7.11 Å². The highest BCUT2D eigenvalue weighted by molar-refractivity contribution is 7.79. The molecule has 2 heterocycles. The van der Waals surface area contributed by atoms with Crippen molar-refractivity contribution in [3.8, 4) is 0 Å². The highest BCUT2D eigenvalue weighted by Crippen LogP contribution is 2.48. The van der Waals surface area contributed by atoms with Crippen molar-refractivity contribution in [1.82, 2.24) is 0 Å². The lowest BCUT2D eigenvalue weighted by Crippen LogP contribution is -2.33. The van der Waals surface area contributed by atoms with E-state index in [2.05, 4.69) is 0 Å². The average molecular weight is 379 g/mol. The largest absolute Gasteiger partial charge is 0.444 e. The molecular weight excluding hydrogens is 354 g/mol. The smallest absolute Gasteiger partial charge is 0.109 e. The minimum Gasteiger partial charge on any atom is -0.444 e. The Morgan fingerprint density at radius 3 is 2.35 bits per heavy atom. The van der Waals surface area contributed by atoms with E-state index in [9.17, 15) is 4.57 Å². The van der Waals surface area contributed by atoms with E-state index in [0.717, 1.165) is 0 Å². The van der Waals surface area contributed by atoms with Crippen LogP contribution in [0.5, 0.6) is 0 Å². The minimum atomic E-state index is -3.87. The zero-order valence-electron chi connectivity index (χ0n) is 15.6. The maximum absolute atomic E-state index is 12.6. The zero-order chi connectivity index (χ0) is 19.5. The van der Waals surface area contributed by atoms with Crippen LogP contribution in [-0.2, 0) is 32.6 Å². The third-order valence-corrected chi connectivity index (χ3v) is 6.00. The molecule has 3 unspecified atom stereocenters. The van der Waals surface area contributed by atoms with Gasteiger partial charge in [-0.05, 0) is 0 Å². The Bertz CT molecular complexity index is 502. The Kier molecular flexibility index (Phi) is 8.35. The summed E-state index contributed by atoms with van der Waals surface area (Å²) in [5, 5.41) is 0. The Morgan fingerprint density at radius 2 is 1.77 bits per heavy atom. The van der Waals surface area contributed by atoms with Crippen LogP contribution in [0.3, 0.4) is 0 Å². The molecule has 8 radical (unpaired) electrons. The van der Waals surface area contributed by atoms with Gasteiger partial charge in [-0.2, -0.15) is 0 Å². The van der Waals surface area contributed by atoms with Crippen LogP contribution in [0.25, 0.3) is 0 Å². The summed E-state index contributed by atoms with van der Waals surface area (Å²) in [6, 6.07) is -0.836. The van der Waals surface area contributed by atoms with Gasteiger partial charge >= 0.3 is 0 Å². The first kappa shape index (κ1) is 22.5. The predicted octanol–water partition coefficient (Wildman–Crippen LogP) is 0.00440. The highest BCUT2D eigenvalue weighted by Gasteiger charge is 2.43. The average Bonchev–Trinajstić information content (AvgIpc) is 3.04. The molecule has 26 heavy (non-hydrogen) atoms. The van der Waals surface area contributed by atoms with Crippen molar-refractivity contribution >= 4 is 37.8 Å². The molecule has 0 amide bonds. The minimum absolute atomic E-state index is 0.0315. The van der Waals surface area contributed by atoms with Crippen molar-refractivity contribution < 1.29 is 32.6 Å². The fourth-order valence-corrected chi connectivity index (χ4v) is 4.50. The quantitative estimate of drug-likeness (QED) is 0.413. The second-order valence-corrected chi connectivity index (χ2v) is 8.30. The Balaban J connectivity index is 1.95. The number of rotatable bonds is 9. The molecule has 12 heteroatoms. The van der Waals surface area contributed by atoms with E-state index in [1.165, 1.54) is 14.3 Å². The first-order valence-corrected chi connectivity index (χ1v) is 10.2. The summed E-state index contributed by atoms with van der Waals surface area (Å²) in [7, 11) is 17.9. The maximum atomic E-state index is 12.6. The second-order valence-electron chi connectivity index (χ2n) is 6.75. The van der Waals surface area contributed by atoms with Crippen LogP contribution in [0.15, 0.2) is 0 Å². The maximum Gasteiger partial charge on any atom is 0.109 e. The summed E-state index contributed by atoms with van der Waals surface area (Å²) in [5.74, 6) is -0.190. The fraction of sp³-hybridized carbons (Fsp3) is 1.00. The lowest BCUT2D eigenvalue weighted by molar-refractivity contribution is -0.0292. The molecule has 7 nitrogen and oxygen atoms in total. The van der Waals surface area contributed by atoms with E-state index in [1.807, 2.05) is 13.8 Å². The molecule has 2 aliphatic heterocycles. The van der Waals surface area contributed by atoms with Crippen LogP contribution >= 0.6 is 7.47 Å². The predicted molar refractivity (Wildman–Crippen MR) is 99.8 cm³/mol. The first-order chi connectivity index (χ1) is 12.2. The zero-order valence-corrected chi connectivity index (χ0v) is 16.5. The van der Waals surface area contributed by atoms with E-state index in [4.69, 9.17) is 51.1 Å². The third-order valence-electron chi connectivity index (χ3n) is 4.95. The van der Waals surface area contributed by atoms with Crippen LogP contribution in [0, 0.1) is 11.8 Å². The number of ether oxygens (including phenoxy) is 4. The van der Waals surface area contributed by atoms with Crippen molar-refractivity contribution in [2.45, 2.75) is 50.3 Å². The number of methoxy groups -OCH3 is 2. The Labute approximate surface area is 160 Å². The lowest BCUT2D eigenvalue weighted by Gasteiger charge is -2.34. The Hall–Kier alpha value is 0.250. The number of hydrogen-bond donors (Lipinski definition) is 0. The van der Waals surface area contributed by atoms with Gasteiger partial charge in [-0.15, -0.1) is 0 Å². The van der Waals surface area contributed by atoms with Crippen molar-refractivity contribution in [3.05, 3.63) is 0 Å². The van der Waals surface area contributed by atoms with Gasteiger partial charge in [0, 0.05) is 45.8 Å². The molecule has 0 bridgehead atoms. The summed E-state index contributed by atoms with van der Waals surface area (Å²) in [6.45, 7) is 3.97. The van der Waals surface area contributed by atoms with Crippen molar-refractivity contribution in [2.75, 3.05) is 27.4 Å². The van der Waals surface area contributed by atoms with Gasteiger partial charge in [0.2, 0.25) is 0 Å². The highest BCUT2D eigenvalue weighted by atomic mass is 31.2. The second kappa shape index (κ2) is 9.64. The van der Waals surface area contributed by atoms with E-state index < -0.39 is 31.8 Å². The summed E-state index contributed by atoms with van der Waals surface area (Å²) in [4.78, 5) is 0. The molecular formula is C14H24B4O7P-. The fourth-order valence-electron chi connectivity index (χ4n) is 3.42. The summed E-state index contributed by atoms with van der Waals surface area (Å²) in [5.41, 5.74) is 0. The monoisotopic (exact) mass is 379 g/mol. The van der Waals surface area contributed by atoms with Crippen molar-refractivity contribution in [2.24, 2.45) is 11.8 Å². The van der Waals surface area contributed by atoms with Gasteiger partial charge in [0.05, 0.1) is 40.1 Å². The molecule has 0 aromatic heterocycles. The van der Waals surface area contributed by atoms with Gasteiger partial charge in [0.1, 0.15) is 20.1 Å². The van der Waals surface area contributed by atoms with Crippen LogP contribution < -0.4 is 0 Å². The number of hydrogen-bond acceptors (Lipinski definition) is 7. The third kappa shape index (κ3) is 5.19. The molecule has 2 fully saturated rings. The van der Waals surface area contributed by atoms with Gasteiger partial charge in [-0.25, -0.2) is 0 Å². The molecule has 0 saturated carbocycles. The molecule has 2 saturated heterocycles. The molecule has 140 valence electrons. The van der Waals surface area contributed by atoms with Crippen LogP contribution in [0.1, 0.15) is 13.8 Å². The standard InChI is InChI=1S/C14H24B4O7P/c1-7-12(9(5-20-3)23-13(7)15)25-26(17,19)22-6-10-11(21-4)8(2)14(18-16)24-10/h7-14H,5-6H2,1-4H3/q-1/t7-,8-,9+,10+,11?,12?,13+,14+,26?/m0/s1. The van der Waals surface area contributed by atoms with Crippen molar-refractivity contribution in [1.29, 1.82) is 0 Å². The summed E-state index contributed by atoms with van der Waals surface area (Å²) < 4.78 is 45.4. The van der Waals surface area contributed by atoms with Gasteiger partial charge in [-0.1, -0.05) is 13.8 Å². The molecule has 0 aromatic carbocycles. The molecule has 0 aliphatic carbocycles. The molecule has 0 aromatic rings. The van der Waals surface area contributed by atoms with E-state index >= 15 is 0 Å². The normalized spacial score (nSPS) is 42.7. The van der Waals surface area contributed by atoms with Gasteiger partial charge in [0.15, 0.2) is 0 Å². The molecule has 0 spiro atoms. The van der Waals surface area contributed by atoms with Crippen LogP contribution in [-0.4, -0.2) is 94.2 Å². The van der Waals surface area contributed by atoms with Crippen LogP contribution in [0.4, 0.5) is 0 Å². The summed E-state index contributed by atoms with van der Waals surface area (Å²) >= 11 is 0. The van der Waals surface area contributed by atoms with Crippen molar-refractivity contribution in [3.63, 3.8) is 0 Å². The SMILES string of the molecule is [B][B][C@@H]1O[C@H](COP([B-])(=O)OC2[C@@H](COC)O[C@@H]([B])[C@H]2C)C(OC)[C@@H]1C. The van der Waals surface area contributed by atoms with E-state index in [0.29, 0.717) is 0 Å². The summed E-state index contributed by atoms with van der Waals surface area (Å²) in [6.07, 6.45) is -1.80. The van der Waals surface area contributed by atoms with Gasteiger partial charge < -0.3 is 40.1 Å². The van der Waals surface area contributed by atoms with Gasteiger partial charge in [0.25, 0.3) is 0 Å². The molecule has 9 atom stereocenters. The topological polar surface area (TPSA) is 72.5 Å². The lowest BCUT2D eigenvalue weighted by atomic mass is 9.49. The molecule has 2 aliphatic rings. The van der Waals surface area contributed by atoms with Gasteiger partial charge in [-0.3, -0.25) is 0 Å². The first-order valence-electron chi connectivity index (χ1n) is 8.59. The molecule has 2 rings (SSSR count). The Morgan fingerprint density at radius 1 is 1.12 bits per heavy atom. The molecule has 0 N–H and O–H groups in total. The van der Waals surface area contributed by atoms with E-state index in [-0.39, 0.29) is 37.2 Å².